The van der Waals surface area contributed by atoms with E-state index in [1.54, 1.807) is 9.58 Å². The standard InChI is InChI=1S/C24H30FN7O3/c1-30-9-6-16(7-10-30)15-35-24(34)31-11-8-21(17(12-26)13-31)32-14-20(22(27)33)23(29-32)28-19-4-2-18(25)3-5-19/h2-5,14,16-17,21H,6-11,13,15H2,1H3,(H2,27,33)(H,28,29)/t17-,21-/m0/s1. The molecular weight excluding hydrogens is 453 g/mol. The minimum absolute atomic E-state index is 0.158. The highest BCUT2D eigenvalue weighted by atomic mass is 19.1. The summed E-state index contributed by atoms with van der Waals surface area (Å²) in [6.07, 6.45) is 3.58. The van der Waals surface area contributed by atoms with Crippen molar-refractivity contribution >= 4 is 23.5 Å². The number of hydrogen-bond acceptors (Lipinski definition) is 7. The highest BCUT2D eigenvalue weighted by Gasteiger charge is 2.35. The molecule has 10 nitrogen and oxygen atoms in total. The molecular formula is C24H30FN7O3. The predicted octanol–water partition coefficient (Wildman–Crippen LogP) is 2.73. The number of rotatable bonds is 6. The van der Waals surface area contributed by atoms with Crippen molar-refractivity contribution in [2.75, 3.05) is 45.2 Å². The summed E-state index contributed by atoms with van der Waals surface area (Å²) in [6.45, 7) is 3.00. The molecule has 2 amide bonds. The second kappa shape index (κ2) is 10.7. The zero-order valence-corrected chi connectivity index (χ0v) is 19.7. The number of nitrogens with one attached hydrogen (secondary N) is 1. The monoisotopic (exact) mass is 483 g/mol. The van der Waals surface area contributed by atoms with Gasteiger partial charge in [0.15, 0.2) is 5.82 Å². The third kappa shape index (κ3) is 5.89. The first-order valence-electron chi connectivity index (χ1n) is 11.8. The van der Waals surface area contributed by atoms with Gasteiger partial charge in [0.25, 0.3) is 5.91 Å². The number of amides is 2. The third-order valence-corrected chi connectivity index (χ3v) is 6.73. The molecule has 11 heteroatoms. The van der Waals surface area contributed by atoms with Gasteiger partial charge in [-0.05, 0) is 69.6 Å². The van der Waals surface area contributed by atoms with Crippen molar-refractivity contribution in [1.29, 1.82) is 5.26 Å². The number of hydrogen-bond donors (Lipinski definition) is 2. The second-order valence-electron chi connectivity index (χ2n) is 9.23. The lowest BCUT2D eigenvalue weighted by Gasteiger charge is -2.35. The molecule has 186 valence electrons. The molecule has 2 atom stereocenters. The second-order valence-corrected chi connectivity index (χ2v) is 9.23. The molecule has 1 aromatic heterocycles. The Morgan fingerprint density at radius 2 is 1.94 bits per heavy atom. The number of nitrogens with two attached hydrogens (primary N) is 1. The Hall–Kier alpha value is -3.65. The molecule has 0 unspecified atom stereocenters. The molecule has 1 aromatic carbocycles. The summed E-state index contributed by atoms with van der Waals surface area (Å²) in [4.78, 5) is 28.5. The van der Waals surface area contributed by atoms with Crippen molar-refractivity contribution in [2.24, 2.45) is 17.6 Å². The molecule has 3 N–H and O–H groups in total. The van der Waals surface area contributed by atoms with Crippen molar-refractivity contribution in [3.63, 3.8) is 0 Å². The molecule has 4 rings (SSSR count). The van der Waals surface area contributed by atoms with Crippen molar-refractivity contribution in [2.45, 2.75) is 25.3 Å². The highest BCUT2D eigenvalue weighted by Crippen LogP contribution is 2.30. The molecule has 2 fully saturated rings. The molecule has 0 bridgehead atoms. The van der Waals surface area contributed by atoms with Gasteiger partial charge < -0.3 is 25.6 Å². The van der Waals surface area contributed by atoms with Gasteiger partial charge in [0.1, 0.15) is 11.4 Å². The normalized spacial score (nSPS) is 21.3. The largest absolute Gasteiger partial charge is 0.449 e. The number of carbonyl (C=O) groups excluding carboxylic acids is 2. The quantitative estimate of drug-likeness (QED) is 0.646. The number of likely N-dealkylation sites (tertiary alicyclic amines) is 2. The summed E-state index contributed by atoms with van der Waals surface area (Å²) in [5.74, 6) is -1.02. The third-order valence-electron chi connectivity index (χ3n) is 6.73. The van der Waals surface area contributed by atoms with Crippen LogP contribution < -0.4 is 11.1 Å². The molecule has 35 heavy (non-hydrogen) atoms. The first kappa shape index (κ1) is 24.5. The fraction of sp³-hybridized carbons (Fsp3) is 0.500. The van der Waals surface area contributed by atoms with E-state index in [1.165, 1.54) is 30.5 Å². The van der Waals surface area contributed by atoms with E-state index in [-0.39, 0.29) is 29.8 Å². The number of nitriles is 1. The molecule has 2 aromatic rings. The topological polar surface area (TPSA) is 130 Å². The Balaban J connectivity index is 1.40. The molecule has 0 saturated carbocycles. The first-order valence-corrected chi connectivity index (χ1v) is 11.8. The molecule has 0 spiro atoms. The van der Waals surface area contributed by atoms with Crippen LogP contribution in [0.5, 0.6) is 0 Å². The minimum atomic E-state index is -0.677. The number of ether oxygens (including phenoxy) is 1. The van der Waals surface area contributed by atoms with Crippen LogP contribution in [0.3, 0.4) is 0 Å². The Kier molecular flexibility index (Phi) is 7.51. The minimum Gasteiger partial charge on any atom is -0.449 e. The number of carbonyl (C=O) groups is 2. The molecule has 0 aliphatic carbocycles. The lowest BCUT2D eigenvalue weighted by molar-refractivity contribution is 0.0569. The first-order chi connectivity index (χ1) is 16.8. The van der Waals surface area contributed by atoms with Gasteiger partial charge in [0.05, 0.1) is 24.6 Å². The van der Waals surface area contributed by atoms with Crippen LogP contribution in [0.1, 0.15) is 35.7 Å². The summed E-state index contributed by atoms with van der Waals surface area (Å²) in [5, 5.41) is 17.3. The fourth-order valence-corrected chi connectivity index (χ4v) is 4.56. The Morgan fingerprint density at radius 3 is 2.60 bits per heavy atom. The summed E-state index contributed by atoms with van der Waals surface area (Å²) in [6, 6.07) is 7.54. The van der Waals surface area contributed by atoms with Gasteiger partial charge in [-0.15, -0.1) is 0 Å². The molecule has 2 saturated heterocycles. The number of nitrogens with zero attached hydrogens (tertiary/aromatic N) is 5. The van der Waals surface area contributed by atoms with Gasteiger partial charge in [-0.25, -0.2) is 9.18 Å². The van der Waals surface area contributed by atoms with E-state index in [2.05, 4.69) is 28.4 Å². The Morgan fingerprint density at radius 1 is 1.23 bits per heavy atom. The number of halogens is 1. The number of anilines is 2. The zero-order valence-electron chi connectivity index (χ0n) is 19.7. The lowest BCUT2D eigenvalue weighted by atomic mass is 9.94. The molecule has 3 heterocycles. The molecule has 2 aliphatic rings. The van der Waals surface area contributed by atoms with Gasteiger partial charge >= 0.3 is 6.09 Å². The SMILES string of the molecule is CN1CCC(COC(=O)N2CC[C@H](n3cc(C(N)=O)c(Nc4ccc(F)cc4)n3)[C@@H](C#N)C2)CC1. The van der Waals surface area contributed by atoms with E-state index in [4.69, 9.17) is 10.5 Å². The van der Waals surface area contributed by atoms with Crippen LogP contribution in [-0.4, -0.2) is 71.4 Å². The molecule has 2 aliphatic heterocycles. The summed E-state index contributed by atoms with van der Waals surface area (Å²) >= 11 is 0. The summed E-state index contributed by atoms with van der Waals surface area (Å²) in [7, 11) is 2.09. The van der Waals surface area contributed by atoms with Crippen LogP contribution in [0.4, 0.5) is 20.7 Å². The van der Waals surface area contributed by atoms with Crippen LogP contribution in [0, 0.1) is 29.0 Å². The predicted molar refractivity (Wildman–Crippen MR) is 126 cm³/mol. The van der Waals surface area contributed by atoms with Gasteiger partial charge in [0, 0.05) is 25.0 Å². The van der Waals surface area contributed by atoms with Gasteiger partial charge in [-0.1, -0.05) is 0 Å². The van der Waals surface area contributed by atoms with Crippen LogP contribution in [-0.2, 0) is 4.74 Å². The van der Waals surface area contributed by atoms with Crippen LogP contribution in [0.2, 0.25) is 0 Å². The maximum absolute atomic E-state index is 13.2. The van der Waals surface area contributed by atoms with Crippen molar-refractivity contribution in [1.82, 2.24) is 19.6 Å². The maximum Gasteiger partial charge on any atom is 0.409 e. The maximum atomic E-state index is 13.2. The van der Waals surface area contributed by atoms with Crippen molar-refractivity contribution in [3.05, 3.63) is 41.8 Å². The van der Waals surface area contributed by atoms with Crippen LogP contribution in [0.25, 0.3) is 0 Å². The average molecular weight is 484 g/mol. The zero-order chi connectivity index (χ0) is 24.9. The van der Waals surface area contributed by atoms with E-state index in [0.717, 1.165) is 25.9 Å². The van der Waals surface area contributed by atoms with Gasteiger partial charge in [-0.2, -0.15) is 10.4 Å². The number of piperidine rings is 2. The highest BCUT2D eigenvalue weighted by molar-refractivity contribution is 5.98. The summed E-state index contributed by atoms with van der Waals surface area (Å²) < 4.78 is 20.3. The van der Waals surface area contributed by atoms with Crippen molar-refractivity contribution in [3.8, 4) is 6.07 Å². The molecule has 0 radical (unpaired) electrons. The average Bonchev–Trinajstić information content (AvgIpc) is 3.28. The fourth-order valence-electron chi connectivity index (χ4n) is 4.56. The van der Waals surface area contributed by atoms with E-state index in [9.17, 15) is 19.2 Å². The van der Waals surface area contributed by atoms with Gasteiger partial charge in [-0.3, -0.25) is 9.48 Å². The van der Waals surface area contributed by atoms with E-state index >= 15 is 0 Å². The van der Waals surface area contributed by atoms with Crippen molar-refractivity contribution < 1.29 is 18.7 Å². The van der Waals surface area contributed by atoms with Crippen LogP contribution in [0.15, 0.2) is 30.5 Å². The number of primary amides is 1. The van der Waals surface area contributed by atoms with E-state index < -0.39 is 17.9 Å². The Bertz CT molecular complexity index is 1090. The van der Waals surface area contributed by atoms with E-state index in [1.807, 2.05) is 0 Å². The Labute approximate surface area is 203 Å². The smallest absolute Gasteiger partial charge is 0.409 e. The number of benzene rings is 1. The van der Waals surface area contributed by atoms with Crippen LogP contribution >= 0.6 is 0 Å². The summed E-state index contributed by atoms with van der Waals surface area (Å²) in [5.41, 5.74) is 6.24. The van der Waals surface area contributed by atoms with E-state index in [0.29, 0.717) is 31.2 Å². The number of aromatic nitrogens is 2. The van der Waals surface area contributed by atoms with Gasteiger partial charge in [0.2, 0.25) is 0 Å². The lowest BCUT2D eigenvalue weighted by Crippen LogP contribution is -2.45.